The van der Waals surface area contributed by atoms with Gasteiger partial charge in [0.05, 0.1) is 23.1 Å². The number of carbonyl (C=O) groups is 1. The second-order valence-corrected chi connectivity index (χ2v) is 8.24. The van der Waals surface area contributed by atoms with Crippen molar-refractivity contribution < 1.29 is 13.2 Å². The predicted molar refractivity (Wildman–Crippen MR) is 104 cm³/mol. The van der Waals surface area contributed by atoms with Gasteiger partial charge in [0.1, 0.15) is 6.04 Å². The summed E-state index contributed by atoms with van der Waals surface area (Å²) in [4.78, 5) is 16.8. The highest BCUT2D eigenvalue weighted by Crippen LogP contribution is 2.17. The molecule has 1 atom stereocenters. The van der Waals surface area contributed by atoms with Crippen molar-refractivity contribution in [3.8, 4) is 0 Å². The Bertz CT molecular complexity index is 1040. The lowest BCUT2D eigenvalue weighted by Gasteiger charge is -2.15. The number of sulfonamides is 1. The maximum absolute atomic E-state index is 12.5. The molecule has 1 aromatic heterocycles. The summed E-state index contributed by atoms with van der Waals surface area (Å²) < 4.78 is 27.3. The highest BCUT2D eigenvalue weighted by molar-refractivity contribution is 7.88. The summed E-state index contributed by atoms with van der Waals surface area (Å²) in [7, 11) is -1.90. The molecule has 0 aliphatic rings. The van der Waals surface area contributed by atoms with Gasteiger partial charge in [-0.2, -0.15) is 0 Å². The average molecular weight is 386 g/mol. The molecule has 142 valence electrons. The molecule has 1 heterocycles. The molecule has 27 heavy (non-hydrogen) atoms. The molecule has 7 nitrogen and oxygen atoms in total. The lowest BCUT2D eigenvalue weighted by atomic mass is 10.1. The fourth-order valence-electron chi connectivity index (χ4n) is 2.80. The number of amides is 1. The quantitative estimate of drug-likeness (QED) is 0.649. The van der Waals surface area contributed by atoms with Gasteiger partial charge in [-0.3, -0.25) is 4.79 Å². The van der Waals surface area contributed by atoms with Crippen molar-refractivity contribution in [2.75, 3.05) is 7.05 Å². The third-order valence-electron chi connectivity index (χ3n) is 4.44. The fourth-order valence-corrected chi connectivity index (χ4v) is 3.57. The van der Waals surface area contributed by atoms with Crippen LogP contribution in [0.5, 0.6) is 0 Å². The van der Waals surface area contributed by atoms with Crippen LogP contribution in [-0.2, 0) is 27.1 Å². The average Bonchev–Trinajstić information content (AvgIpc) is 3.10. The van der Waals surface area contributed by atoms with Gasteiger partial charge < -0.3 is 9.88 Å². The Balaban J connectivity index is 1.62. The number of imidazole rings is 1. The fraction of sp³-hybridized carbons (Fsp3) is 0.263. The van der Waals surface area contributed by atoms with E-state index < -0.39 is 16.1 Å². The van der Waals surface area contributed by atoms with Crippen molar-refractivity contribution in [1.82, 2.24) is 19.6 Å². The van der Waals surface area contributed by atoms with Crippen molar-refractivity contribution in [2.24, 2.45) is 0 Å². The van der Waals surface area contributed by atoms with Crippen LogP contribution >= 0.6 is 0 Å². The van der Waals surface area contributed by atoms with E-state index in [1.54, 1.807) is 18.5 Å². The Kier molecular flexibility index (Phi) is 5.57. The molecule has 0 aliphatic carbocycles. The largest absolute Gasteiger partial charge is 0.350 e. The topological polar surface area (TPSA) is 93.1 Å². The van der Waals surface area contributed by atoms with Gasteiger partial charge in [-0.25, -0.2) is 18.1 Å². The monoisotopic (exact) mass is 386 g/mol. The van der Waals surface area contributed by atoms with Gasteiger partial charge in [-0.1, -0.05) is 36.4 Å². The second kappa shape index (κ2) is 7.89. The molecule has 0 unspecified atom stereocenters. The highest BCUT2D eigenvalue weighted by Gasteiger charge is 2.16. The summed E-state index contributed by atoms with van der Waals surface area (Å²) >= 11 is 0. The van der Waals surface area contributed by atoms with Crippen molar-refractivity contribution >= 4 is 27.0 Å². The van der Waals surface area contributed by atoms with Crippen LogP contribution in [0.3, 0.4) is 0 Å². The van der Waals surface area contributed by atoms with Crippen LogP contribution in [0.25, 0.3) is 11.0 Å². The second-order valence-electron chi connectivity index (χ2n) is 6.31. The minimum Gasteiger partial charge on any atom is -0.350 e. The van der Waals surface area contributed by atoms with Gasteiger partial charge in [-0.15, -0.1) is 0 Å². The first kappa shape index (κ1) is 19.1. The molecule has 0 aliphatic heterocycles. The number of rotatable bonds is 7. The summed E-state index contributed by atoms with van der Waals surface area (Å²) in [6, 6.07) is 14.4. The SMILES string of the molecule is CNS(=O)(=O)Cc1ccc(CNC(=O)[C@@H](C)n2cnc3ccccc32)cc1. The van der Waals surface area contributed by atoms with Crippen LogP contribution in [0.15, 0.2) is 54.9 Å². The van der Waals surface area contributed by atoms with Crippen molar-refractivity contribution in [3.63, 3.8) is 0 Å². The zero-order valence-corrected chi connectivity index (χ0v) is 16.0. The van der Waals surface area contributed by atoms with E-state index >= 15 is 0 Å². The zero-order valence-electron chi connectivity index (χ0n) is 15.2. The Labute approximate surface area is 158 Å². The molecule has 0 fully saturated rings. The summed E-state index contributed by atoms with van der Waals surface area (Å²) in [5, 5.41) is 2.91. The number of benzene rings is 2. The first-order chi connectivity index (χ1) is 12.9. The van der Waals surface area contributed by atoms with Crippen LogP contribution in [0.2, 0.25) is 0 Å². The molecule has 0 saturated carbocycles. The molecule has 2 aromatic carbocycles. The molecular weight excluding hydrogens is 364 g/mol. The Hall–Kier alpha value is -2.71. The van der Waals surface area contributed by atoms with E-state index in [-0.39, 0.29) is 11.7 Å². The normalized spacial score (nSPS) is 12.8. The molecule has 0 spiro atoms. The van der Waals surface area contributed by atoms with Crippen LogP contribution < -0.4 is 10.0 Å². The summed E-state index contributed by atoms with van der Waals surface area (Å²) in [6.45, 7) is 2.20. The Morgan fingerprint density at radius 1 is 1.11 bits per heavy atom. The summed E-state index contributed by atoms with van der Waals surface area (Å²) in [6.07, 6.45) is 1.67. The number of aromatic nitrogens is 2. The third kappa shape index (κ3) is 4.53. The van der Waals surface area contributed by atoms with Gasteiger partial charge in [0, 0.05) is 6.54 Å². The molecule has 3 rings (SSSR count). The van der Waals surface area contributed by atoms with E-state index in [4.69, 9.17) is 0 Å². The Morgan fingerprint density at radius 2 is 1.78 bits per heavy atom. The number of fused-ring (bicyclic) bond motifs is 1. The van der Waals surface area contributed by atoms with Crippen molar-refractivity contribution in [2.45, 2.75) is 25.3 Å². The molecule has 8 heteroatoms. The molecular formula is C19H22N4O3S. The molecule has 3 aromatic rings. The summed E-state index contributed by atoms with van der Waals surface area (Å²) in [5.41, 5.74) is 3.36. The van der Waals surface area contributed by atoms with Crippen LogP contribution in [0.1, 0.15) is 24.1 Å². The van der Waals surface area contributed by atoms with Crippen molar-refractivity contribution in [1.29, 1.82) is 0 Å². The molecule has 0 saturated heterocycles. The minimum atomic E-state index is -3.29. The molecule has 0 radical (unpaired) electrons. The number of nitrogens with one attached hydrogen (secondary N) is 2. The minimum absolute atomic E-state index is 0.0686. The molecule has 0 bridgehead atoms. The van der Waals surface area contributed by atoms with E-state index in [0.717, 1.165) is 16.6 Å². The number of nitrogens with zero attached hydrogens (tertiary/aromatic N) is 2. The van der Waals surface area contributed by atoms with E-state index in [2.05, 4.69) is 15.0 Å². The number of hydrogen-bond donors (Lipinski definition) is 2. The first-order valence-electron chi connectivity index (χ1n) is 8.58. The van der Waals surface area contributed by atoms with Gasteiger partial charge >= 0.3 is 0 Å². The van der Waals surface area contributed by atoms with Gasteiger partial charge in [0.25, 0.3) is 0 Å². The van der Waals surface area contributed by atoms with Crippen LogP contribution in [0.4, 0.5) is 0 Å². The third-order valence-corrected chi connectivity index (χ3v) is 5.77. The zero-order chi connectivity index (χ0) is 19.4. The van der Waals surface area contributed by atoms with Crippen LogP contribution in [-0.4, -0.2) is 30.9 Å². The Morgan fingerprint density at radius 3 is 2.48 bits per heavy atom. The number of carbonyl (C=O) groups excluding carboxylic acids is 1. The number of para-hydroxylation sites is 2. The maximum Gasteiger partial charge on any atom is 0.243 e. The maximum atomic E-state index is 12.5. The van der Waals surface area contributed by atoms with Crippen molar-refractivity contribution in [3.05, 3.63) is 66.0 Å². The molecule has 2 N–H and O–H groups in total. The lowest BCUT2D eigenvalue weighted by Crippen LogP contribution is -2.30. The van der Waals surface area contributed by atoms with Gasteiger partial charge in [0.2, 0.25) is 15.9 Å². The standard InChI is InChI=1S/C19H22N4O3S/c1-14(23-13-22-17-5-3-4-6-18(17)23)19(24)21-11-15-7-9-16(10-8-15)12-27(25,26)20-2/h3-10,13-14,20H,11-12H2,1-2H3,(H,21,24)/t14-/m1/s1. The smallest absolute Gasteiger partial charge is 0.243 e. The summed E-state index contributed by atoms with van der Waals surface area (Å²) in [5.74, 6) is -0.180. The lowest BCUT2D eigenvalue weighted by molar-refractivity contribution is -0.123. The van der Waals surface area contributed by atoms with E-state index in [9.17, 15) is 13.2 Å². The first-order valence-corrected chi connectivity index (χ1v) is 10.2. The predicted octanol–water partition coefficient (Wildman–Crippen LogP) is 1.96. The van der Waals surface area contributed by atoms with Crippen LogP contribution in [0, 0.1) is 0 Å². The van der Waals surface area contributed by atoms with Gasteiger partial charge in [-0.05, 0) is 37.2 Å². The van der Waals surface area contributed by atoms with E-state index in [0.29, 0.717) is 12.1 Å². The van der Waals surface area contributed by atoms with Gasteiger partial charge in [0.15, 0.2) is 0 Å². The highest BCUT2D eigenvalue weighted by atomic mass is 32.2. The molecule has 1 amide bonds. The van der Waals surface area contributed by atoms with E-state index in [1.807, 2.05) is 47.9 Å². The van der Waals surface area contributed by atoms with E-state index in [1.165, 1.54) is 7.05 Å². The number of hydrogen-bond acceptors (Lipinski definition) is 4.